The molecule has 0 aromatic heterocycles. The van der Waals surface area contributed by atoms with Crippen molar-refractivity contribution in [1.82, 2.24) is 5.32 Å². The van der Waals surface area contributed by atoms with Crippen LogP contribution in [-0.4, -0.2) is 29.4 Å². The van der Waals surface area contributed by atoms with Crippen LogP contribution < -0.4 is 10.6 Å². The van der Waals surface area contributed by atoms with Crippen molar-refractivity contribution in [3.05, 3.63) is 65.5 Å². The quantitative estimate of drug-likeness (QED) is 0.714. The van der Waals surface area contributed by atoms with Crippen LogP contribution in [0.15, 0.2) is 48.5 Å². The normalized spacial score (nSPS) is 17.8. The number of aliphatic carboxylic acids is 1. The summed E-state index contributed by atoms with van der Waals surface area (Å²) in [5, 5.41) is 15.1. The van der Waals surface area contributed by atoms with Gasteiger partial charge in [-0.05, 0) is 29.7 Å². The van der Waals surface area contributed by atoms with E-state index in [0.717, 1.165) is 0 Å². The molecule has 1 aliphatic rings. The first kappa shape index (κ1) is 19.5. The van der Waals surface area contributed by atoms with Gasteiger partial charge in [-0.1, -0.05) is 43.3 Å². The number of nitrogens with one attached hydrogen (secondary N) is 2. The van der Waals surface area contributed by atoms with Gasteiger partial charge in [0.05, 0.1) is 5.92 Å². The lowest BCUT2D eigenvalue weighted by Crippen LogP contribution is -2.47. The number of carboxylic acids is 1. The average Bonchev–Trinajstić information content (AvgIpc) is 2.68. The third-order valence-electron chi connectivity index (χ3n) is 5.27. The van der Waals surface area contributed by atoms with Crippen molar-refractivity contribution in [3.63, 3.8) is 0 Å². The van der Waals surface area contributed by atoms with E-state index >= 15 is 0 Å². The highest BCUT2D eigenvalue weighted by Gasteiger charge is 2.40. The summed E-state index contributed by atoms with van der Waals surface area (Å²) in [4.78, 5) is 36.8. The fourth-order valence-electron chi connectivity index (χ4n) is 3.57. The van der Waals surface area contributed by atoms with Gasteiger partial charge < -0.3 is 15.7 Å². The van der Waals surface area contributed by atoms with Gasteiger partial charge in [-0.3, -0.25) is 14.4 Å². The van der Waals surface area contributed by atoms with Crippen molar-refractivity contribution in [2.24, 2.45) is 0 Å². The minimum absolute atomic E-state index is 0.0814. The number of hydrogen-bond acceptors (Lipinski definition) is 3. The van der Waals surface area contributed by atoms with Crippen molar-refractivity contribution in [2.75, 3.05) is 11.9 Å². The molecule has 7 heteroatoms. The van der Waals surface area contributed by atoms with Gasteiger partial charge >= 0.3 is 5.97 Å². The smallest absolute Gasteiger partial charge is 0.315 e. The van der Waals surface area contributed by atoms with Crippen LogP contribution in [0.5, 0.6) is 0 Å². The molecule has 3 N–H and O–H groups in total. The van der Waals surface area contributed by atoms with E-state index in [1.807, 2.05) is 0 Å². The highest BCUT2D eigenvalue weighted by atomic mass is 19.1. The van der Waals surface area contributed by atoms with Crippen LogP contribution >= 0.6 is 0 Å². The first-order chi connectivity index (χ1) is 13.4. The van der Waals surface area contributed by atoms with Crippen LogP contribution in [0, 0.1) is 5.82 Å². The molecule has 2 unspecified atom stereocenters. The molecular weight excluding hydrogens is 363 g/mol. The molecule has 0 bridgehead atoms. The number of anilines is 1. The predicted molar refractivity (Wildman–Crippen MR) is 101 cm³/mol. The van der Waals surface area contributed by atoms with E-state index in [1.54, 1.807) is 37.3 Å². The minimum atomic E-state index is -1.28. The zero-order valence-corrected chi connectivity index (χ0v) is 15.4. The molecule has 0 aliphatic carbocycles. The largest absolute Gasteiger partial charge is 0.481 e. The third-order valence-corrected chi connectivity index (χ3v) is 5.27. The number of benzene rings is 2. The monoisotopic (exact) mass is 384 g/mol. The Morgan fingerprint density at radius 2 is 1.96 bits per heavy atom. The molecule has 1 heterocycles. The second kappa shape index (κ2) is 7.80. The average molecular weight is 384 g/mol. The molecule has 3 rings (SSSR count). The van der Waals surface area contributed by atoms with Gasteiger partial charge in [-0.2, -0.15) is 0 Å². The Kier molecular flexibility index (Phi) is 5.44. The van der Waals surface area contributed by atoms with Crippen LogP contribution in [0.1, 0.15) is 36.8 Å². The zero-order chi connectivity index (χ0) is 20.3. The maximum Gasteiger partial charge on any atom is 0.315 e. The van der Waals surface area contributed by atoms with Gasteiger partial charge in [-0.25, -0.2) is 4.39 Å². The SMILES string of the molecule is CCC(CNC(=O)C1CC(=O)Nc2cc(F)ccc21)(C(=O)O)c1ccccc1. The standard InChI is InChI=1S/C21H21FN2O4/c1-2-21(20(27)28,13-6-4-3-5-7-13)12-23-19(26)16-11-18(25)24-17-10-14(22)8-9-15(16)17/h3-10,16H,2,11-12H2,1H3,(H,23,26)(H,24,25)(H,27,28). The van der Waals surface area contributed by atoms with E-state index in [9.17, 15) is 23.9 Å². The fraction of sp³-hybridized carbons (Fsp3) is 0.286. The Morgan fingerprint density at radius 3 is 2.61 bits per heavy atom. The molecule has 2 aromatic rings. The van der Waals surface area contributed by atoms with Gasteiger partial charge in [0.2, 0.25) is 11.8 Å². The second-order valence-corrected chi connectivity index (χ2v) is 6.86. The van der Waals surface area contributed by atoms with Crippen molar-refractivity contribution in [2.45, 2.75) is 31.1 Å². The number of carbonyl (C=O) groups is 3. The summed E-state index contributed by atoms with van der Waals surface area (Å²) in [5.41, 5.74) is 0.0867. The summed E-state index contributed by atoms with van der Waals surface area (Å²) in [7, 11) is 0. The Morgan fingerprint density at radius 1 is 1.25 bits per heavy atom. The van der Waals surface area contributed by atoms with E-state index in [4.69, 9.17) is 0 Å². The number of hydrogen-bond donors (Lipinski definition) is 3. The van der Waals surface area contributed by atoms with E-state index in [-0.39, 0.29) is 31.0 Å². The lowest BCUT2D eigenvalue weighted by atomic mass is 9.77. The Labute approximate surface area is 161 Å². The highest BCUT2D eigenvalue weighted by molar-refractivity contribution is 6.01. The summed E-state index contributed by atoms with van der Waals surface area (Å²) >= 11 is 0. The lowest BCUT2D eigenvalue weighted by molar-refractivity contribution is -0.144. The van der Waals surface area contributed by atoms with Crippen LogP contribution in [0.2, 0.25) is 0 Å². The summed E-state index contributed by atoms with van der Waals surface area (Å²) in [6, 6.07) is 12.6. The van der Waals surface area contributed by atoms with Crippen LogP contribution in [0.4, 0.5) is 10.1 Å². The van der Waals surface area contributed by atoms with Crippen LogP contribution in [0.3, 0.4) is 0 Å². The van der Waals surface area contributed by atoms with E-state index in [1.165, 1.54) is 18.2 Å². The molecule has 2 aromatic carbocycles. The van der Waals surface area contributed by atoms with Crippen LogP contribution in [0.25, 0.3) is 0 Å². The summed E-state index contributed by atoms with van der Waals surface area (Å²) < 4.78 is 13.5. The third kappa shape index (κ3) is 3.60. The topological polar surface area (TPSA) is 95.5 Å². The maximum absolute atomic E-state index is 13.5. The maximum atomic E-state index is 13.5. The van der Waals surface area contributed by atoms with Gasteiger partial charge in [0.15, 0.2) is 0 Å². The molecule has 0 spiro atoms. The van der Waals surface area contributed by atoms with Gasteiger partial charge in [0.25, 0.3) is 0 Å². The molecule has 1 aliphatic heterocycles. The molecular formula is C21H21FN2O4. The molecule has 0 saturated heterocycles. The number of fused-ring (bicyclic) bond motifs is 1. The number of carboxylic acid groups (broad SMARTS) is 1. The van der Waals surface area contributed by atoms with Gasteiger partial charge in [-0.15, -0.1) is 0 Å². The Balaban J connectivity index is 1.85. The van der Waals surface area contributed by atoms with Crippen LogP contribution in [-0.2, 0) is 19.8 Å². The van der Waals surface area contributed by atoms with Gasteiger partial charge in [0, 0.05) is 18.7 Å². The molecule has 28 heavy (non-hydrogen) atoms. The number of carbonyl (C=O) groups excluding carboxylic acids is 2. The Hall–Kier alpha value is -3.22. The van der Waals surface area contributed by atoms with E-state index in [0.29, 0.717) is 11.1 Å². The summed E-state index contributed by atoms with van der Waals surface area (Å²) in [6.45, 7) is 1.63. The summed E-state index contributed by atoms with van der Waals surface area (Å²) in [6.07, 6.45) is 0.196. The zero-order valence-electron chi connectivity index (χ0n) is 15.4. The number of halogens is 1. The van der Waals surface area contributed by atoms with Crippen molar-refractivity contribution in [1.29, 1.82) is 0 Å². The van der Waals surface area contributed by atoms with Gasteiger partial charge in [0.1, 0.15) is 11.2 Å². The van der Waals surface area contributed by atoms with E-state index in [2.05, 4.69) is 10.6 Å². The molecule has 2 atom stereocenters. The first-order valence-corrected chi connectivity index (χ1v) is 9.03. The molecule has 6 nitrogen and oxygen atoms in total. The highest BCUT2D eigenvalue weighted by Crippen LogP contribution is 2.33. The first-order valence-electron chi connectivity index (χ1n) is 9.03. The van der Waals surface area contributed by atoms with Crippen molar-refractivity contribution >= 4 is 23.5 Å². The molecule has 146 valence electrons. The van der Waals surface area contributed by atoms with Crippen molar-refractivity contribution in [3.8, 4) is 0 Å². The Bertz CT molecular complexity index is 916. The minimum Gasteiger partial charge on any atom is -0.481 e. The molecule has 0 radical (unpaired) electrons. The molecule has 0 saturated carbocycles. The molecule has 2 amide bonds. The lowest BCUT2D eigenvalue weighted by Gasteiger charge is -2.31. The predicted octanol–water partition coefficient (Wildman–Crippen LogP) is 2.80. The number of rotatable bonds is 6. The molecule has 0 fully saturated rings. The number of amides is 2. The van der Waals surface area contributed by atoms with E-state index < -0.39 is 29.0 Å². The fourth-order valence-corrected chi connectivity index (χ4v) is 3.57. The van der Waals surface area contributed by atoms with Crippen molar-refractivity contribution < 1.29 is 23.9 Å². The summed E-state index contributed by atoms with van der Waals surface area (Å²) in [5.74, 6) is -3.20. The second-order valence-electron chi connectivity index (χ2n) is 6.86.